The maximum absolute atomic E-state index is 11.8. The van der Waals surface area contributed by atoms with Gasteiger partial charge in [-0.2, -0.15) is 5.10 Å². The van der Waals surface area contributed by atoms with Crippen molar-refractivity contribution >= 4 is 5.82 Å². The van der Waals surface area contributed by atoms with Gasteiger partial charge in [0.05, 0.1) is 11.9 Å². The molecule has 2 aromatic heterocycles. The Bertz CT molecular complexity index is 1000. The fourth-order valence-electron chi connectivity index (χ4n) is 3.42. The SMILES string of the molecule is Cn1c(=O)cc(N2CC[C@@H](NCc3[nH]ncc3-c3ccccc3)C2)[nH]c1=O. The van der Waals surface area contributed by atoms with E-state index >= 15 is 0 Å². The Morgan fingerprint density at radius 1 is 1.26 bits per heavy atom. The molecule has 3 N–H and O–H groups in total. The summed E-state index contributed by atoms with van der Waals surface area (Å²) in [5.74, 6) is 0.582. The highest BCUT2D eigenvalue weighted by atomic mass is 16.2. The summed E-state index contributed by atoms with van der Waals surface area (Å²) in [5, 5.41) is 10.8. The van der Waals surface area contributed by atoms with Crippen LogP contribution in [0.1, 0.15) is 12.1 Å². The summed E-state index contributed by atoms with van der Waals surface area (Å²) in [7, 11) is 1.47. The third-order valence-corrected chi connectivity index (χ3v) is 5.03. The van der Waals surface area contributed by atoms with Crippen LogP contribution >= 0.6 is 0 Å². The Morgan fingerprint density at radius 3 is 2.85 bits per heavy atom. The molecule has 8 nitrogen and oxygen atoms in total. The molecule has 1 fully saturated rings. The highest BCUT2D eigenvalue weighted by molar-refractivity contribution is 5.64. The van der Waals surface area contributed by atoms with E-state index in [2.05, 4.69) is 32.6 Å². The van der Waals surface area contributed by atoms with Crippen molar-refractivity contribution in [2.45, 2.75) is 19.0 Å². The van der Waals surface area contributed by atoms with Gasteiger partial charge in [0.25, 0.3) is 5.56 Å². The van der Waals surface area contributed by atoms with Crippen molar-refractivity contribution in [3.8, 4) is 11.1 Å². The zero-order chi connectivity index (χ0) is 18.8. The number of hydrogen-bond donors (Lipinski definition) is 3. The number of aromatic amines is 2. The Kier molecular flexibility index (Phi) is 4.64. The Hall–Kier alpha value is -3.13. The topological polar surface area (TPSA) is 98.8 Å². The Balaban J connectivity index is 1.41. The van der Waals surface area contributed by atoms with Crippen molar-refractivity contribution in [3.63, 3.8) is 0 Å². The molecule has 0 aliphatic carbocycles. The number of hydrogen-bond acceptors (Lipinski definition) is 5. The van der Waals surface area contributed by atoms with Gasteiger partial charge in [-0.3, -0.25) is 19.4 Å². The molecule has 1 aliphatic heterocycles. The summed E-state index contributed by atoms with van der Waals surface area (Å²) in [4.78, 5) is 28.4. The molecule has 0 amide bonds. The van der Waals surface area contributed by atoms with Gasteiger partial charge >= 0.3 is 5.69 Å². The quantitative estimate of drug-likeness (QED) is 0.621. The lowest BCUT2D eigenvalue weighted by molar-refractivity contribution is 0.545. The van der Waals surface area contributed by atoms with Crippen LogP contribution in [0.5, 0.6) is 0 Å². The average Bonchev–Trinajstić information content (AvgIpc) is 3.34. The molecule has 1 atom stereocenters. The van der Waals surface area contributed by atoms with E-state index in [4.69, 9.17) is 0 Å². The molecule has 0 bridgehead atoms. The van der Waals surface area contributed by atoms with E-state index in [0.29, 0.717) is 12.4 Å². The van der Waals surface area contributed by atoms with Crippen LogP contribution in [0, 0.1) is 0 Å². The van der Waals surface area contributed by atoms with Crippen LogP contribution in [-0.4, -0.2) is 38.9 Å². The first kappa shape index (κ1) is 17.3. The van der Waals surface area contributed by atoms with E-state index in [-0.39, 0.29) is 17.3 Å². The van der Waals surface area contributed by atoms with Crippen LogP contribution in [0.2, 0.25) is 0 Å². The summed E-state index contributed by atoms with van der Waals surface area (Å²) < 4.78 is 1.07. The molecule has 0 saturated carbocycles. The molecule has 4 rings (SSSR count). The van der Waals surface area contributed by atoms with Gasteiger partial charge in [-0.15, -0.1) is 0 Å². The number of nitrogens with zero attached hydrogens (tertiary/aromatic N) is 3. The third kappa shape index (κ3) is 3.56. The lowest BCUT2D eigenvalue weighted by Gasteiger charge is -2.18. The molecular formula is C19H22N6O2. The molecule has 3 heterocycles. The second-order valence-corrected chi connectivity index (χ2v) is 6.80. The normalized spacial score (nSPS) is 16.8. The molecule has 1 saturated heterocycles. The summed E-state index contributed by atoms with van der Waals surface area (Å²) in [5.41, 5.74) is 2.58. The lowest BCUT2D eigenvalue weighted by atomic mass is 10.1. The van der Waals surface area contributed by atoms with Crippen LogP contribution in [0.3, 0.4) is 0 Å². The van der Waals surface area contributed by atoms with Crippen LogP contribution in [0.25, 0.3) is 11.1 Å². The van der Waals surface area contributed by atoms with E-state index in [1.807, 2.05) is 29.3 Å². The van der Waals surface area contributed by atoms with Crippen LogP contribution in [0.15, 0.2) is 52.2 Å². The zero-order valence-corrected chi connectivity index (χ0v) is 15.1. The smallest absolute Gasteiger partial charge is 0.329 e. The minimum Gasteiger partial charge on any atom is -0.356 e. The van der Waals surface area contributed by atoms with Gasteiger partial charge < -0.3 is 10.2 Å². The summed E-state index contributed by atoms with van der Waals surface area (Å²) in [6.07, 6.45) is 2.78. The van der Waals surface area contributed by atoms with Crippen molar-refractivity contribution in [1.82, 2.24) is 25.1 Å². The molecule has 1 aliphatic rings. The van der Waals surface area contributed by atoms with E-state index in [0.717, 1.165) is 40.9 Å². The summed E-state index contributed by atoms with van der Waals surface area (Å²) in [6.45, 7) is 2.20. The summed E-state index contributed by atoms with van der Waals surface area (Å²) >= 11 is 0. The number of rotatable bonds is 5. The highest BCUT2D eigenvalue weighted by Gasteiger charge is 2.24. The predicted octanol–water partition coefficient (Wildman–Crippen LogP) is 0.832. The third-order valence-electron chi connectivity index (χ3n) is 5.03. The first-order valence-electron chi connectivity index (χ1n) is 8.98. The standard InChI is InChI=1S/C19H22N6O2/c1-24-18(26)9-17(22-19(24)27)25-8-7-14(12-25)20-11-16-15(10-21-23-16)13-5-3-2-4-6-13/h2-6,9-10,14,20H,7-8,11-12H2,1H3,(H,21,23)(H,22,27)/t14-/m1/s1. The maximum Gasteiger partial charge on any atom is 0.329 e. The molecule has 3 aromatic rings. The average molecular weight is 366 g/mol. The number of benzene rings is 1. The molecule has 1 aromatic carbocycles. The predicted molar refractivity (Wildman–Crippen MR) is 104 cm³/mol. The number of nitrogens with one attached hydrogen (secondary N) is 3. The zero-order valence-electron chi connectivity index (χ0n) is 15.1. The first-order chi connectivity index (χ1) is 13.1. The van der Waals surface area contributed by atoms with Gasteiger partial charge in [-0.05, 0) is 12.0 Å². The fourth-order valence-corrected chi connectivity index (χ4v) is 3.42. The van der Waals surface area contributed by atoms with E-state index in [1.165, 1.54) is 13.1 Å². The van der Waals surface area contributed by atoms with Gasteiger partial charge in [-0.25, -0.2) is 4.79 Å². The van der Waals surface area contributed by atoms with Gasteiger partial charge in [0.15, 0.2) is 0 Å². The molecule has 0 radical (unpaired) electrons. The molecule has 0 spiro atoms. The molecular weight excluding hydrogens is 344 g/mol. The largest absolute Gasteiger partial charge is 0.356 e. The second kappa shape index (κ2) is 7.24. The minimum atomic E-state index is -0.390. The van der Waals surface area contributed by atoms with Gasteiger partial charge in [0.2, 0.25) is 0 Å². The molecule has 0 unspecified atom stereocenters. The molecule has 140 valence electrons. The number of H-pyrrole nitrogens is 2. The van der Waals surface area contributed by atoms with E-state index < -0.39 is 0 Å². The van der Waals surface area contributed by atoms with Crippen molar-refractivity contribution in [3.05, 3.63) is 69.1 Å². The van der Waals surface area contributed by atoms with Crippen LogP contribution < -0.4 is 21.5 Å². The monoisotopic (exact) mass is 366 g/mol. The van der Waals surface area contributed by atoms with Crippen LogP contribution in [-0.2, 0) is 13.6 Å². The number of anilines is 1. The van der Waals surface area contributed by atoms with Crippen molar-refractivity contribution in [1.29, 1.82) is 0 Å². The number of aromatic nitrogens is 4. The van der Waals surface area contributed by atoms with Crippen molar-refractivity contribution in [2.24, 2.45) is 7.05 Å². The highest BCUT2D eigenvalue weighted by Crippen LogP contribution is 2.22. The van der Waals surface area contributed by atoms with E-state index in [1.54, 1.807) is 0 Å². The van der Waals surface area contributed by atoms with Crippen LogP contribution in [0.4, 0.5) is 5.82 Å². The fraction of sp³-hybridized carbons (Fsp3) is 0.316. The second-order valence-electron chi connectivity index (χ2n) is 6.80. The molecule has 8 heteroatoms. The minimum absolute atomic E-state index is 0.268. The molecule has 27 heavy (non-hydrogen) atoms. The summed E-state index contributed by atoms with van der Waals surface area (Å²) in [6, 6.07) is 11.9. The van der Waals surface area contributed by atoms with Gasteiger partial charge in [0, 0.05) is 44.4 Å². The maximum atomic E-state index is 11.8. The Labute approximate surface area is 155 Å². The van der Waals surface area contributed by atoms with Crippen molar-refractivity contribution in [2.75, 3.05) is 18.0 Å². The van der Waals surface area contributed by atoms with Gasteiger partial charge in [-0.1, -0.05) is 30.3 Å². The Morgan fingerprint density at radius 2 is 2.07 bits per heavy atom. The van der Waals surface area contributed by atoms with Gasteiger partial charge in [0.1, 0.15) is 5.82 Å². The van der Waals surface area contributed by atoms with Crippen molar-refractivity contribution < 1.29 is 0 Å². The lowest BCUT2D eigenvalue weighted by Crippen LogP contribution is -2.37. The first-order valence-corrected chi connectivity index (χ1v) is 8.98. The van der Waals surface area contributed by atoms with E-state index in [9.17, 15) is 9.59 Å².